The van der Waals surface area contributed by atoms with E-state index in [-0.39, 0.29) is 5.91 Å². The summed E-state index contributed by atoms with van der Waals surface area (Å²) >= 11 is 0. The normalized spacial score (nSPS) is 13.6. The highest BCUT2D eigenvalue weighted by atomic mass is 16.5. The summed E-state index contributed by atoms with van der Waals surface area (Å²) in [5.41, 5.74) is 4.48. The molecule has 1 aliphatic rings. The molecule has 2 aromatic carbocycles. The van der Waals surface area contributed by atoms with Gasteiger partial charge in [0.05, 0.1) is 18.4 Å². The molecule has 0 spiro atoms. The van der Waals surface area contributed by atoms with Crippen molar-refractivity contribution in [3.63, 3.8) is 0 Å². The number of ether oxygens (including phenoxy) is 1. The Bertz CT molecular complexity index is 1020. The molecule has 0 aliphatic heterocycles. The molecule has 1 heterocycles. The molecule has 1 aromatic heterocycles. The molecular weight excluding hydrogens is 374 g/mol. The van der Waals surface area contributed by atoms with Crippen LogP contribution in [0, 0.1) is 0 Å². The Balaban J connectivity index is 1.58. The summed E-state index contributed by atoms with van der Waals surface area (Å²) in [6.07, 6.45) is 9.89. The highest BCUT2D eigenvalue weighted by Crippen LogP contribution is 2.26. The van der Waals surface area contributed by atoms with E-state index < -0.39 is 0 Å². The maximum atomic E-state index is 13.0. The first-order chi connectivity index (χ1) is 14.7. The van der Waals surface area contributed by atoms with E-state index in [2.05, 4.69) is 11.4 Å². The first kappa shape index (κ1) is 20.0. The van der Waals surface area contributed by atoms with Crippen LogP contribution in [-0.4, -0.2) is 29.3 Å². The third kappa shape index (κ3) is 4.62. The highest BCUT2D eigenvalue weighted by molar-refractivity contribution is 6.00. The number of para-hydroxylation sites is 1. The van der Waals surface area contributed by atoms with Gasteiger partial charge in [-0.1, -0.05) is 29.8 Å². The van der Waals surface area contributed by atoms with Gasteiger partial charge < -0.3 is 10.1 Å². The third-order valence-electron chi connectivity index (χ3n) is 5.46. The van der Waals surface area contributed by atoms with Gasteiger partial charge in [0.2, 0.25) is 0 Å². The molecule has 0 bridgehead atoms. The molecule has 1 aliphatic carbocycles. The number of carbonyl (C=O) groups excluding carboxylic acids is 1. The average molecular weight is 402 g/mol. The predicted molar refractivity (Wildman–Crippen MR) is 119 cm³/mol. The molecule has 30 heavy (non-hydrogen) atoms. The monoisotopic (exact) mass is 401 g/mol. The number of rotatable bonds is 7. The highest BCUT2D eigenvalue weighted by Gasteiger charge is 2.19. The topological polar surface area (TPSA) is 56.2 Å². The maximum absolute atomic E-state index is 13.0. The number of benzene rings is 2. The first-order valence-corrected chi connectivity index (χ1v) is 10.5. The first-order valence-electron chi connectivity index (χ1n) is 10.5. The van der Waals surface area contributed by atoms with Crippen molar-refractivity contribution >= 4 is 5.91 Å². The second-order valence-electron chi connectivity index (χ2n) is 7.51. The summed E-state index contributed by atoms with van der Waals surface area (Å²) in [7, 11) is 1.64. The van der Waals surface area contributed by atoms with E-state index in [1.165, 1.54) is 18.4 Å². The fraction of sp³-hybridized carbons (Fsp3) is 0.280. The molecule has 1 amide bonds. The lowest BCUT2D eigenvalue weighted by Gasteiger charge is -2.13. The largest absolute Gasteiger partial charge is 0.497 e. The van der Waals surface area contributed by atoms with Gasteiger partial charge in [-0.2, -0.15) is 5.10 Å². The zero-order chi connectivity index (χ0) is 20.8. The van der Waals surface area contributed by atoms with E-state index >= 15 is 0 Å². The van der Waals surface area contributed by atoms with Crippen LogP contribution < -0.4 is 10.1 Å². The molecule has 154 valence electrons. The molecule has 0 radical (unpaired) electrons. The Hall–Kier alpha value is -3.34. The van der Waals surface area contributed by atoms with E-state index in [4.69, 9.17) is 9.84 Å². The van der Waals surface area contributed by atoms with Gasteiger partial charge in [0, 0.05) is 18.3 Å². The molecule has 1 N–H and O–H groups in total. The van der Waals surface area contributed by atoms with Crippen LogP contribution >= 0.6 is 0 Å². The van der Waals surface area contributed by atoms with Gasteiger partial charge in [-0.25, -0.2) is 4.68 Å². The second-order valence-corrected chi connectivity index (χ2v) is 7.51. The minimum Gasteiger partial charge on any atom is -0.497 e. The Morgan fingerprint density at radius 1 is 1.10 bits per heavy atom. The number of methoxy groups -OCH3 is 1. The molecular formula is C25H27N3O2. The molecule has 0 atom stereocenters. The second kappa shape index (κ2) is 9.44. The molecule has 5 heteroatoms. The number of aromatic nitrogens is 2. The zero-order valence-corrected chi connectivity index (χ0v) is 17.3. The van der Waals surface area contributed by atoms with Crippen molar-refractivity contribution in [1.29, 1.82) is 0 Å². The fourth-order valence-electron chi connectivity index (χ4n) is 3.78. The van der Waals surface area contributed by atoms with E-state index in [1.54, 1.807) is 11.8 Å². The molecule has 0 saturated carbocycles. The Morgan fingerprint density at radius 3 is 2.60 bits per heavy atom. The van der Waals surface area contributed by atoms with Crippen molar-refractivity contribution in [2.75, 3.05) is 13.7 Å². The van der Waals surface area contributed by atoms with Crippen LogP contribution in [-0.2, 0) is 0 Å². The summed E-state index contributed by atoms with van der Waals surface area (Å²) < 4.78 is 7.02. The summed E-state index contributed by atoms with van der Waals surface area (Å²) in [5, 5.41) is 7.81. The van der Waals surface area contributed by atoms with Crippen molar-refractivity contribution < 1.29 is 9.53 Å². The minimum atomic E-state index is -0.0978. The number of carbonyl (C=O) groups is 1. The summed E-state index contributed by atoms with van der Waals surface area (Å²) in [4.78, 5) is 13.0. The third-order valence-corrected chi connectivity index (χ3v) is 5.46. The average Bonchev–Trinajstić information content (AvgIpc) is 3.26. The molecule has 3 aromatic rings. The number of nitrogens with one attached hydrogen (secondary N) is 1. The molecule has 0 fully saturated rings. The van der Waals surface area contributed by atoms with Gasteiger partial charge in [0.15, 0.2) is 0 Å². The zero-order valence-electron chi connectivity index (χ0n) is 17.3. The van der Waals surface area contributed by atoms with Gasteiger partial charge in [-0.05, 0) is 68.5 Å². The van der Waals surface area contributed by atoms with E-state index in [1.807, 2.05) is 60.8 Å². The van der Waals surface area contributed by atoms with Crippen molar-refractivity contribution in [3.05, 3.63) is 78.0 Å². The summed E-state index contributed by atoms with van der Waals surface area (Å²) in [6, 6.07) is 17.5. The van der Waals surface area contributed by atoms with E-state index in [0.29, 0.717) is 17.8 Å². The van der Waals surface area contributed by atoms with E-state index in [9.17, 15) is 4.79 Å². The van der Waals surface area contributed by atoms with Crippen LogP contribution in [0.1, 0.15) is 42.5 Å². The molecule has 5 nitrogen and oxygen atoms in total. The van der Waals surface area contributed by atoms with Crippen LogP contribution in [0.5, 0.6) is 5.75 Å². The minimum absolute atomic E-state index is 0.0978. The van der Waals surface area contributed by atoms with Crippen molar-refractivity contribution in [3.8, 4) is 22.7 Å². The number of hydrogen-bond donors (Lipinski definition) is 1. The Kier molecular flexibility index (Phi) is 6.28. The van der Waals surface area contributed by atoms with Crippen molar-refractivity contribution in [2.45, 2.75) is 32.1 Å². The van der Waals surface area contributed by atoms with Crippen LogP contribution in [0.15, 0.2) is 72.4 Å². The SMILES string of the molecule is COc1ccc(-c2nn(-c3ccccc3)cc2C(=O)NCCC2=CCCCC2)cc1. The number of hydrogen-bond acceptors (Lipinski definition) is 3. The van der Waals surface area contributed by atoms with Crippen molar-refractivity contribution in [1.82, 2.24) is 15.1 Å². The quantitative estimate of drug-likeness (QED) is 0.556. The van der Waals surface area contributed by atoms with Gasteiger partial charge >= 0.3 is 0 Å². The Morgan fingerprint density at radius 2 is 1.90 bits per heavy atom. The lowest BCUT2D eigenvalue weighted by molar-refractivity contribution is 0.0954. The van der Waals surface area contributed by atoms with Crippen molar-refractivity contribution in [2.24, 2.45) is 0 Å². The number of nitrogens with zero attached hydrogens (tertiary/aromatic N) is 2. The Labute approximate surface area is 177 Å². The number of allylic oxidation sites excluding steroid dienone is 1. The smallest absolute Gasteiger partial charge is 0.255 e. The predicted octanol–water partition coefficient (Wildman–Crippen LogP) is 5.17. The van der Waals surface area contributed by atoms with Crippen LogP contribution in [0.2, 0.25) is 0 Å². The van der Waals surface area contributed by atoms with Gasteiger partial charge in [-0.3, -0.25) is 4.79 Å². The van der Waals surface area contributed by atoms with Crippen LogP contribution in [0.25, 0.3) is 16.9 Å². The molecule has 0 unspecified atom stereocenters. The number of amides is 1. The van der Waals surface area contributed by atoms with Gasteiger partial charge in [0.1, 0.15) is 11.4 Å². The summed E-state index contributed by atoms with van der Waals surface area (Å²) in [5.74, 6) is 0.674. The maximum Gasteiger partial charge on any atom is 0.255 e. The summed E-state index contributed by atoms with van der Waals surface area (Å²) in [6.45, 7) is 0.642. The van der Waals surface area contributed by atoms with Gasteiger partial charge in [0.25, 0.3) is 5.91 Å². The van der Waals surface area contributed by atoms with Crippen LogP contribution in [0.4, 0.5) is 0 Å². The lowest BCUT2D eigenvalue weighted by atomic mass is 9.97. The molecule has 0 saturated heterocycles. The van der Waals surface area contributed by atoms with E-state index in [0.717, 1.165) is 36.3 Å². The molecule has 4 rings (SSSR count). The standard InChI is InChI=1S/C25H27N3O2/c1-30-22-14-12-20(13-15-22)24-23(18-28(27-24)21-10-6-3-7-11-21)25(29)26-17-16-19-8-4-2-5-9-19/h3,6-8,10-15,18H,2,4-5,9,16-17H2,1H3,(H,26,29). The van der Waals surface area contributed by atoms with Gasteiger partial charge in [-0.15, -0.1) is 0 Å². The van der Waals surface area contributed by atoms with Crippen LogP contribution in [0.3, 0.4) is 0 Å². The lowest BCUT2D eigenvalue weighted by Crippen LogP contribution is -2.25. The fourth-order valence-corrected chi connectivity index (χ4v) is 3.78.